The number of hydrogen-bond donors (Lipinski definition) is 0. The minimum absolute atomic E-state index is 0. The van der Waals surface area contributed by atoms with Gasteiger partial charge in [-0.3, -0.25) is 0 Å². The molecule has 0 aliphatic heterocycles. The van der Waals surface area contributed by atoms with E-state index in [1.54, 1.807) is 0 Å². The quantitative estimate of drug-likeness (QED) is 0.0662. The summed E-state index contributed by atoms with van der Waals surface area (Å²) in [5, 5.41) is 9.78. The zero-order valence-electron chi connectivity index (χ0n) is 33.5. The van der Waals surface area contributed by atoms with E-state index in [1.807, 2.05) is 0 Å². The first kappa shape index (κ1) is 73.9. The zero-order chi connectivity index (χ0) is 46.8. The Kier molecular flexibility index (Phi) is 69.9. The molecule has 0 spiro atoms. The third-order valence-corrected chi connectivity index (χ3v) is 11.6. The monoisotopic (exact) mass is 1160 g/mol. The van der Waals surface area contributed by atoms with Crippen LogP contribution in [-0.2, 0) is 92.4 Å². The van der Waals surface area contributed by atoms with E-state index in [1.165, 1.54) is 37.1 Å². The molecule has 0 fully saturated rings. The van der Waals surface area contributed by atoms with Gasteiger partial charge in [0, 0.05) is 55.2 Å². The van der Waals surface area contributed by atoms with Gasteiger partial charge in [-0.1, -0.05) is 229 Å². The summed E-state index contributed by atoms with van der Waals surface area (Å²) in [5.41, 5.74) is 0. The van der Waals surface area contributed by atoms with Crippen LogP contribution >= 0.6 is 25.1 Å². The second-order valence-electron chi connectivity index (χ2n) is 10.1. The molecule has 0 aliphatic carbocycles. The summed E-state index contributed by atoms with van der Waals surface area (Å²) < 4.78 is 60.0. The second kappa shape index (κ2) is 60.6. The Morgan fingerprint density at radius 1 is 0.234 bits per heavy atom. The predicted molar refractivity (Wildman–Crippen MR) is 238 cm³/mol. The van der Waals surface area contributed by atoms with Crippen molar-refractivity contribution in [3.8, 4) is 0 Å². The van der Waals surface area contributed by atoms with Crippen molar-refractivity contribution in [2.75, 3.05) is 0 Å². The maximum absolute atomic E-state index is 7.50. The average molecular weight is 1160 g/mol. The molecule has 0 heterocycles. The standard InChI is InChI=1S/C18H15P.2C12H11P.8CO.2Mn.Pt/c1-4-10-16(11-5-1)19(17-12-6-2-7-13-17)18-14-8-3-9-15-18;2*1-3-7-11(8-4-1)13-12-9-5-2-6-10-12;8*1-2;;;/h1-15H;2*1-10,13H;;;;;;;;;;;. The van der Waals surface area contributed by atoms with Crippen LogP contribution in [0.1, 0.15) is 0 Å². The molecule has 0 saturated carbocycles. The minimum Gasteiger partial charge on any atom is -0.0622 e. The van der Waals surface area contributed by atoms with Crippen LogP contribution in [-0.4, -0.2) is 0 Å². The van der Waals surface area contributed by atoms with Crippen molar-refractivity contribution in [3.05, 3.63) is 266 Å². The SMILES string of the molecule is [C-]#[O+].[C-]#[O+].[C-]#[O+].[C-]#[O+].[C-]#[O+].[C-]#[O+].[C-]#[O+].[C-]#[O+].[Mn].[Mn].[Pt].c1ccc(P(c2ccccc2)c2ccccc2)cc1.c1ccc(Pc2ccccc2)cc1.c1ccc(Pc2ccccc2)cc1. The molecule has 7 rings (SSSR count). The van der Waals surface area contributed by atoms with Crippen molar-refractivity contribution in [2.45, 2.75) is 0 Å². The summed E-state index contributed by atoms with van der Waals surface area (Å²) >= 11 is 0. The molecule has 64 heavy (non-hydrogen) atoms. The Hall–Kier alpha value is -4.52. The van der Waals surface area contributed by atoms with E-state index in [2.05, 4.69) is 266 Å². The summed E-state index contributed by atoms with van der Waals surface area (Å²) in [5.74, 6) is 0. The van der Waals surface area contributed by atoms with Gasteiger partial charge in [-0.15, -0.1) is 0 Å². The van der Waals surface area contributed by atoms with Crippen LogP contribution in [0.3, 0.4) is 0 Å². The van der Waals surface area contributed by atoms with Crippen LogP contribution in [0, 0.1) is 53.2 Å². The van der Waals surface area contributed by atoms with E-state index in [-0.39, 0.29) is 55.2 Å². The maximum Gasteiger partial charge on any atom is 0 e. The molecule has 0 amide bonds. The second-order valence-corrected chi connectivity index (χ2v) is 15.1. The molecule has 0 unspecified atom stereocenters. The number of benzene rings is 7. The van der Waals surface area contributed by atoms with Crippen LogP contribution in [0.4, 0.5) is 0 Å². The largest absolute Gasteiger partial charge is 0.0622 e. The summed E-state index contributed by atoms with van der Waals surface area (Å²) in [6, 6.07) is 74.6. The van der Waals surface area contributed by atoms with Gasteiger partial charge < -0.3 is 0 Å². The normalized spacial score (nSPS) is 7.39. The molecule has 7 aromatic rings. The molecular formula is C50H37Mn2O8P3Pt. The van der Waals surface area contributed by atoms with Gasteiger partial charge in [0.25, 0.3) is 0 Å². The van der Waals surface area contributed by atoms with Gasteiger partial charge in [0.2, 0.25) is 0 Å². The summed E-state index contributed by atoms with van der Waals surface area (Å²) in [6.45, 7) is 36.0. The van der Waals surface area contributed by atoms with Crippen molar-refractivity contribution in [2.24, 2.45) is 0 Å². The van der Waals surface area contributed by atoms with Gasteiger partial charge >= 0.3 is 90.4 Å². The third kappa shape index (κ3) is 35.9. The molecule has 0 aliphatic rings. The Balaban J connectivity index is -0.000000130. The van der Waals surface area contributed by atoms with Crippen molar-refractivity contribution in [3.63, 3.8) is 0 Å². The van der Waals surface area contributed by atoms with Crippen molar-refractivity contribution in [1.29, 1.82) is 0 Å². The minimum atomic E-state index is -0.446. The fraction of sp³-hybridized carbons (Fsp3) is 0. The molecule has 14 heteroatoms. The van der Waals surface area contributed by atoms with Crippen molar-refractivity contribution in [1.82, 2.24) is 0 Å². The fourth-order valence-corrected chi connectivity index (χ4v) is 9.01. The Labute approximate surface area is 417 Å². The molecule has 0 N–H and O–H groups in total. The molecule has 324 valence electrons. The van der Waals surface area contributed by atoms with E-state index in [0.29, 0.717) is 0 Å². The van der Waals surface area contributed by atoms with Gasteiger partial charge in [-0.25, -0.2) is 0 Å². The number of rotatable bonds is 7. The van der Waals surface area contributed by atoms with Gasteiger partial charge in [0.05, 0.1) is 0 Å². The topological polar surface area (TPSA) is 159 Å². The van der Waals surface area contributed by atoms with Crippen LogP contribution in [0.15, 0.2) is 212 Å². The average Bonchev–Trinajstić information content (AvgIpc) is 3.39. The Bertz CT molecular complexity index is 1860. The van der Waals surface area contributed by atoms with Gasteiger partial charge in [0.15, 0.2) is 0 Å². The molecule has 7 aromatic carbocycles. The summed E-state index contributed by atoms with van der Waals surface area (Å²) in [7, 11) is 1.11. The predicted octanol–water partition coefficient (Wildman–Crippen LogP) is 7.77. The Morgan fingerprint density at radius 2 is 0.359 bits per heavy atom. The first-order valence-electron chi connectivity index (χ1n) is 16.7. The van der Waals surface area contributed by atoms with E-state index >= 15 is 0 Å². The smallest absolute Gasteiger partial charge is 0 e. The van der Waals surface area contributed by atoms with Crippen LogP contribution < -0.4 is 37.1 Å². The van der Waals surface area contributed by atoms with Crippen LogP contribution in [0.5, 0.6) is 0 Å². The zero-order valence-corrected chi connectivity index (χ0v) is 41.0. The molecule has 0 aromatic heterocycles. The van der Waals surface area contributed by atoms with Crippen molar-refractivity contribution >= 4 is 62.2 Å². The molecule has 0 bridgehead atoms. The summed E-state index contributed by atoms with van der Waals surface area (Å²) in [6.07, 6.45) is 0. The fourth-order valence-electron chi connectivity index (χ4n) is 4.60. The van der Waals surface area contributed by atoms with E-state index in [9.17, 15) is 0 Å². The van der Waals surface area contributed by atoms with E-state index in [4.69, 9.17) is 37.2 Å². The molecule has 0 saturated heterocycles. The summed E-state index contributed by atoms with van der Waals surface area (Å²) in [4.78, 5) is 0. The van der Waals surface area contributed by atoms with E-state index < -0.39 is 7.92 Å². The number of hydrogen-bond acceptors (Lipinski definition) is 0. The van der Waals surface area contributed by atoms with Gasteiger partial charge in [-0.2, -0.15) is 0 Å². The Morgan fingerprint density at radius 3 is 0.500 bits per heavy atom. The third-order valence-electron chi connectivity index (χ3n) is 6.72. The molecule has 2 radical (unpaired) electrons. The first-order valence-corrected chi connectivity index (χ1v) is 20.0. The first-order chi connectivity index (χ1) is 30.3. The van der Waals surface area contributed by atoms with Gasteiger partial charge in [0.1, 0.15) is 0 Å². The van der Waals surface area contributed by atoms with Gasteiger partial charge in [-0.05, 0) is 45.1 Å². The van der Waals surface area contributed by atoms with Crippen molar-refractivity contribution < 1.29 is 92.4 Å². The van der Waals surface area contributed by atoms with Crippen LogP contribution in [0.25, 0.3) is 0 Å². The maximum atomic E-state index is 7.50. The molecule has 0 atom stereocenters. The van der Waals surface area contributed by atoms with Crippen LogP contribution in [0.2, 0.25) is 0 Å². The molecular weight excluding hydrogens is 1130 g/mol. The molecule has 8 nitrogen and oxygen atoms in total. The van der Waals surface area contributed by atoms with E-state index in [0.717, 1.165) is 17.2 Å².